The smallest absolute Gasteiger partial charge is 0.310 e. The first-order chi connectivity index (χ1) is 14.4. The monoisotopic (exact) mass is 425 g/mol. The molecule has 0 N–H and O–H groups in total. The lowest BCUT2D eigenvalue weighted by Gasteiger charge is -2.07. The summed E-state index contributed by atoms with van der Waals surface area (Å²) in [6.45, 7) is -0.366. The van der Waals surface area contributed by atoms with Crippen LogP contribution in [0.15, 0.2) is 72.8 Å². The van der Waals surface area contributed by atoms with Crippen LogP contribution in [0.3, 0.4) is 0 Å². The standard InChI is InChI=1S/C22H16ClNO6/c23-17-5-1-15(2-6-17)13-22(26)29-14-21(25)16-3-9-19(10-4-16)30-20-11-7-18(8-12-20)24(27)28/h1-12H,13-14H2. The van der Waals surface area contributed by atoms with E-state index in [0.29, 0.717) is 22.1 Å². The molecule has 3 rings (SSSR count). The predicted octanol–water partition coefficient (Wildman–Crippen LogP) is 5.01. The molecule has 8 heteroatoms. The van der Waals surface area contributed by atoms with E-state index in [1.165, 1.54) is 24.3 Å². The van der Waals surface area contributed by atoms with Gasteiger partial charge in [0.25, 0.3) is 5.69 Å². The highest BCUT2D eigenvalue weighted by Gasteiger charge is 2.11. The molecule has 0 aliphatic heterocycles. The lowest BCUT2D eigenvalue weighted by Crippen LogP contribution is -2.15. The number of carbonyl (C=O) groups excluding carboxylic acids is 2. The van der Waals surface area contributed by atoms with Gasteiger partial charge in [0.2, 0.25) is 0 Å². The highest BCUT2D eigenvalue weighted by atomic mass is 35.5. The molecular weight excluding hydrogens is 410 g/mol. The summed E-state index contributed by atoms with van der Waals surface area (Å²) < 4.78 is 10.6. The molecule has 3 aromatic carbocycles. The minimum Gasteiger partial charge on any atom is -0.457 e. The van der Waals surface area contributed by atoms with Gasteiger partial charge >= 0.3 is 5.97 Å². The van der Waals surface area contributed by atoms with E-state index in [1.807, 2.05) is 0 Å². The van der Waals surface area contributed by atoms with Gasteiger partial charge in [-0.3, -0.25) is 19.7 Å². The summed E-state index contributed by atoms with van der Waals surface area (Å²) in [7, 11) is 0. The molecule has 0 atom stereocenters. The van der Waals surface area contributed by atoms with Crippen molar-refractivity contribution in [3.8, 4) is 11.5 Å². The van der Waals surface area contributed by atoms with Gasteiger partial charge in [0, 0.05) is 22.7 Å². The molecule has 0 aliphatic carbocycles. The number of ketones is 1. The first-order valence-corrected chi connectivity index (χ1v) is 9.24. The van der Waals surface area contributed by atoms with Crippen molar-refractivity contribution in [2.75, 3.05) is 6.61 Å². The van der Waals surface area contributed by atoms with Crippen LogP contribution in [0.1, 0.15) is 15.9 Å². The van der Waals surface area contributed by atoms with Crippen molar-refractivity contribution in [3.05, 3.63) is 99.1 Å². The zero-order chi connectivity index (χ0) is 21.5. The maximum atomic E-state index is 12.2. The Bertz CT molecular complexity index is 1050. The summed E-state index contributed by atoms with van der Waals surface area (Å²) in [6, 6.07) is 18.7. The summed E-state index contributed by atoms with van der Waals surface area (Å²) in [6.07, 6.45) is 0.0481. The second-order valence-corrected chi connectivity index (χ2v) is 6.70. The molecule has 0 saturated carbocycles. The SMILES string of the molecule is O=C(Cc1ccc(Cl)cc1)OCC(=O)c1ccc(Oc2ccc([N+](=O)[O-])cc2)cc1. The molecule has 0 fully saturated rings. The molecule has 0 saturated heterocycles. The van der Waals surface area contributed by atoms with Crippen LogP contribution >= 0.6 is 11.6 Å². The van der Waals surface area contributed by atoms with Crippen LogP contribution < -0.4 is 4.74 Å². The number of ether oxygens (including phenoxy) is 2. The molecule has 3 aromatic rings. The zero-order valence-electron chi connectivity index (χ0n) is 15.6. The Hall–Kier alpha value is -3.71. The third kappa shape index (κ3) is 5.89. The number of nitro groups is 1. The minimum atomic E-state index is -0.510. The van der Waals surface area contributed by atoms with Crippen LogP contribution in [-0.4, -0.2) is 23.3 Å². The van der Waals surface area contributed by atoms with Crippen LogP contribution in [0.2, 0.25) is 5.02 Å². The second kappa shape index (κ2) is 9.67. The fourth-order valence-electron chi connectivity index (χ4n) is 2.53. The molecule has 0 spiro atoms. The van der Waals surface area contributed by atoms with Crippen LogP contribution in [-0.2, 0) is 16.0 Å². The predicted molar refractivity (Wildman–Crippen MR) is 110 cm³/mol. The number of Topliss-reactive ketones (excluding diaryl/α,β-unsaturated/α-hetero) is 1. The molecule has 0 bridgehead atoms. The topological polar surface area (TPSA) is 95.7 Å². The summed E-state index contributed by atoms with van der Waals surface area (Å²) in [5.74, 6) is 0.0288. The van der Waals surface area contributed by atoms with Crippen molar-refractivity contribution < 1.29 is 24.0 Å². The largest absolute Gasteiger partial charge is 0.457 e. The van der Waals surface area contributed by atoms with Gasteiger partial charge in [-0.05, 0) is 54.1 Å². The van der Waals surface area contributed by atoms with Gasteiger partial charge in [-0.15, -0.1) is 0 Å². The molecule has 0 amide bonds. The minimum absolute atomic E-state index is 0.0334. The van der Waals surface area contributed by atoms with E-state index in [4.69, 9.17) is 21.1 Å². The number of esters is 1. The number of hydrogen-bond acceptors (Lipinski definition) is 6. The van der Waals surface area contributed by atoms with Crippen LogP contribution in [0, 0.1) is 10.1 Å². The van der Waals surface area contributed by atoms with Crippen molar-refractivity contribution in [3.63, 3.8) is 0 Å². The molecular formula is C22H16ClNO6. The van der Waals surface area contributed by atoms with E-state index in [2.05, 4.69) is 0 Å². The zero-order valence-corrected chi connectivity index (χ0v) is 16.4. The number of carbonyl (C=O) groups is 2. The Labute approximate surface area is 177 Å². The second-order valence-electron chi connectivity index (χ2n) is 6.26. The highest BCUT2D eigenvalue weighted by Crippen LogP contribution is 2.24. The molecule has 0 heterocycles. The van der Waals surface area contributed by atoms with E-state index in [1.54, 1.807) is 48.5 Å². The first-order valence-electron chi connectivity index (χ1n) is 8.86. The molecule has 0 unspecified atom stereocenters. The summed E-state index contributed by atoms with van der Waals surface area (Å²) in [4.78, 5) is 34.3. The van der Waals surface area contributed by atoms with Gasteiger partial charge in [0.05, 0.1) is 11.3 Å². The van der Waals surface area contributed by atoms with Gasteiger partial charge in [-0.2, -0.15) is 0 Å². The maximum absolute atomic E-state index is 12.2. The first kappa shape index (κ1) is 21.0. The van der Waals surface area contributed by atoms with Crippen molar-refractivity contribution in [1.82, 2.24) is 0 Å². The average molecular weight is 426 g/mol. The Morgan fingerprint density at radius 3 is 2.00 bits per heavy atom. The molecule has 30 heavy (non-hydrogen) atoms. The Balaban J connectivity index is 1.51. The van der Waals surface area contributed by atoms with E-state index in [9.17, 15) is 19.7 Å². The lowest BCUT2D eigenvalue weighted by molar-refractivity contribution is -0.384. The van der Waals surface area contributed by atoms with Crippen LogP contribution in [0.25, 0.3) is 0 Å². The van der Waals surface area contributed by atoms with Gasteiger partial charge in [-0.1, -0.05) is 23.7 Å². The van der Waals surface area contributed by atoms with Gasteiger partial charge in [0.15, 0.2) is 12.4 Å². The Kier molecular flexibility index (Phi) is 6.77. The highest BCUT2D eigenvalue weighted by molar-refractivity contribution is 6.30. The summed E-state index contributed by atoms with van der Waals surface area (Å²) in [5.41, 5.74) is 1.07. The van der Waals surface area contributed by atoms with Crippen molar-refractivity contribution in [2.45, 2.75) is 6.42 Å². The number of hydrogen-bond donors (Lipinski definition) is 0. The molecule has 0 aromatic heterocycles. The third-order valence-corrected chi connectivity index (χ3v) is 4.34. The fraction of sp³-hybridized carbons (Fsp3) is 0.0909. The molecule has 0 radical (unpaired) electrons. The lowest BCUT2D eigenvalue weighted by atomic mass is 10.1. The van der Waals surface area contributed by atoms with E-state index < -0.39 is 10.9 Å². The molecule has 152 valence electrons. The van der Waals surface area contributed by atoms with Crippen LogP contribution in [0.4, 0.5) is 5.69 Å². The number of non-ortho nitro benzene ring substituents is 1. The number of nitrogens with zero attached hydrogens (tertiary/aromatic N) is 1. The Morgan fingerprint density at radius 2 is 1.43 bits per heavy atom. The van der Waals surface area contributed by atoms with E-state index in [-0.39, 0.29) is 24.5 Å². The molecule has 7 nitrogen and oxygen atoms in total. The van der Waals surface area contributed by atoms with Crippen molar-refractivity contribution >= 4 is 29.0 Å². The summed E-state index contributed by atoms with van der Waals surface area (Å²) >= 11 is 5.80. The fourth-order valence-corrected chi connectivity index (χ4v) is 2.66. The van der Waals surface area contributed by atoms with Gasteiger partial charge < -0.3 is 9.47 Å². The quantitative estimate of drug-likeness (QED) is 0.218. The summed E-state index contributed by atoms with van der Waals surface area (Å²) in [5, 5.41) is 11.2. The van der Waals surface area contributed by atoms with Crippen molar-refractivity contribution in [1.29, 1.82) is 0 Å². The molecule has 0 aliphatic rings. The van der Waals surface area contributed by atoms with Gasteiger partial charge in [0.1, 0.15) is 11.5 Å². The normalized spacial score (nSPS) is 10.3. The van der Waals surface area contributed by atoms with E-state index in [0.717, 1.165) is 5.56 Å². The van der Waals surface area contributed by atoms with Crippen molar-refractivity contribution in [2.24, 2.45) is 0 Å². The maximum Gasteiger partial charge on any atom is 0.310 e. The third-order valence-electron chi connectivity index (χ3n) is 4.09. The number of halogens is 1. The Morgan fingerprint density at radius 1 is 0.867 bits per heavy atom. The number of benzene rings is 3. The average Bonchev–Trinajstić information content (AvgIpc) is 2.74. The number of nitro benzene ring substituents is 1. The van der Waals surface area contributed by atoms with Crippen LogP contribution in [0.5, 0.6) is 11.5 Å². The number of rotatable bonds is 8. The van der Waals surface area contributed by atoms with Gasteiger partial charge in [-0.25, -0.2) is 0 Å². The van der Waals surface area contributed by atoms with E-state index >= 15 is 0 Å².